The van der Waals surface area contributed by atoms with Crippen LogP contribution in [0.5, 0.6) is 23.1 Å². The number of rotatable bonds is 7. The average molecular weight is 433 g/mol. The third kappa shape index (κ3) is 5.03. The smallest absolute Gasteiger partial charge is 0.213 e. The summed E-state index contributed by atoms with van der Waals surface area (Å²) in [7, 11) is 4.96. The summed E-state index contributed by atoms with van der Waals surface area (Å²) in [5, 5.41) is 0. The second-order valence-electron chi connectivity index (χ2n) is 7.49. The highest BCUT2D eigenvalue weighted by molar-refractivity contribution is 5.67. The van der Waals surface area contributed by atoms with Crippen molar-refractivity contribution in [2.24, 2.45) is 0 Å². The molecule has 0 saturated heterocycles. The van der Waals surface area contributed by atoms with Gasteiger partial charge in [0.2, 0.25) is 5.88 Å². The molecule has 1 aliphatic heterocycles. The molecule has 0 N–H and O–H groups in total. The highest BCUT2D eigenvalue weighted by Crippen LogP contribution is 2.38. The standard InChI is InChI=1S/C26H28N2O4/c1-29-22-11-9-19(10-12-22)6-5-13-28-14-15-32-26-21(18-28)16-20(17-24(26)30-2)23-7-4-8-25(27-23)31-3/h4-12,16-17H,13-15,18H2,1-3H3. The normalized spacial score (nSPS) is 13.8. The number of ether oxygens (including phenoxy) is 4. The van der Waals surface area contributed by atoms with Crippen molar-refractivity contribution in [1.29, 1.82) is 0 Å². The Kier molecular flexibility index (Phi) is 6.92. The van der Waals surface area contributed by atoms with Gasteiger partial charge in [-0.3, -0.25) is 4.90 Å². The van der Waals surface area contributed by atoms with Crippen molar-refractivity contribution < 1.29 is 18.9 Å². The molecule has 0 amide bonds. The van der Waals surface area contributed by atoms with Crippen LogP contribution in [0.3, 0.4) is 0 Å². The Morgan fingerprint density at radius 1 is 1.00 bits per heavy atom. The number of fused-ring (bicyclic) bond motifs is 1. The summed E-state index contributed by atoms with van der Waals surface area (Å²) < 4.78 is 22.2. The zero-order valence-corrected chi connectivity index (χ0v) is 18.7. The molecule has 0 fully saturated rings. The highest BCUT2D eigenvalue weighted by atomic mass is 16.5. The lowest BCUT2D eigenvalue weighted by atomic mass is 10.0. The molecule has 0 bridgehead atoms. The van der Waals surface area contributed by atoms with E-state index >= 15 is 0 Å². The molecule has 4 rings (SSSR count). The topological polar surface area (TPSA) is 53.1 Å². The van der Waals surface area contributed by atoms with Crippen LogP contribution in [0.1, 0.15) is 11.1 Å². The molecule has 2 heterocycles. The van der Waals surface area contributed by atoms with Gasteiger partial charge in [-0.15, -0.1) is 0 Å². The number of aromatic nitrogens is 1. The Labute approximate surface area is 189 Å². The molecular formula is C26H28N2O4. The summed E-state index contributed by atoms with van der Waals surface area (Å²) in [5.74, 6) is 2.97. The number of methoxy groups -OCH3 is 3. The number of nitrogens with zero attached hydrogens (tertiary/aromatic N) is 2. The van der Waals surface area contributed by atoms with Crippen molar-refractivity contribution in [3.05, 3.63) is 71.8 Å². The summed E-state index contributed by atoms with van der Waals surface area (Å²) in [6, 6.07) is 17.9. The lowest BCUT2D eigenvalue weighted by Gasteiger charge is -2.18. The van der Waals surface area contributed by atoms with E-state index in [1.807, 2.05) is 36.4 Å². The van der Waals surface area contributed by atoms with Crippen LogP contribution in [-0.2, 0) is 6.54 Å². The third-order valence-electron chi connectivity index (χ3n) is 5.42. The van der Waals surface area contributed by atoms with Crippen LogP contribution in [0, 0.1) is 0 Å². The average Bonchev–Trinajstić information content (AvgIpc) is 3.05. The van der Waals surface area contributed by atoms with Crippen LogP contribution in [0.4, 0.5) is 0 Å². The minimum atomic E-state index is 0.581. The lowest BCUT2D eigenvalue weighted by molar-refractivity contribution is 0.238. The minimum Gasteiger partial charge on any atom is -0.497 e. The maximum absolute atomic E-state index is 6.08. The molecule has 2 aromatic carbocycles. The molecule has 1 aromatic heterocycles. The molecule has 0 atom stereocenters. The molecule has 0 radical (unpaired) electrons. The molecule has 166 valence electrons. The second kappa shape index (κ2) is 10.2. The Hall–Kier alpha value is -3.51. The van der Waals surface area contributed by atoms with Crippen molar-refractivity contribution in [1.82, 2.24) is 9.88 Å². The van der Waals surface area contributed by atoms with E-state index in [-0.39, 0.29) is 0 Å². The summed E-state index contributed by atoms with van der Waals surface area (Å²) in [4.78, 5) is 6.93. The van der Waals surface area contributed by atoms with E-state index in [2.05, 4.69) is 40.2 Å². The van der Waals surface area contributed by atoms with Crippen LogP contribution in [0.2, 0.25) is 0 Å². The summed E-state index contributed by atoms with van der Waals surface area (Å²) in [6.07, 6.45) is 4.31. The van der Waals surface area contributed by atoms with Crippen LogP contribution in [0.25, 0.3) is 17.3 Å². The molecule has 6 nitrogen and oxygen atoms in total. The van der Waals surface area contributed by atoms with Crippen LogP contribution in [-0.4, -0.2) is 50.9 Å². The molecule has 0 spiro atoms. The highest BCUT2D eigenvalue weighted by Gasteiger charge is 2.20. The van der Waals surface area contributed by atoms with Crippen molar-refractivity contribution in [2.45, 2.75) is 6.54 Å². The van der Waals surface area contributed by atoms with Gasteiger partial charge in [0.1, 0.15) is 12.4 Å². The Morgan fingerprint density at radius 3 is 2.59 bits per heavy atom. The number of hydrogen-bond acceptors (Lipinski definition) is 6. The molecule has 3 aromatic rings. The van der Waals surface area contributed by atoms with Crippen LogP contribution in [0.15, 0.2) is 60.7 Å². The van der Waals surface area contributed by atoms with Crippen molar-refractivity contribution >= 4 is 6.08 Å². The Bertz CT molecular complexity index is 1080. The van der Waals surface area contributed by atoms with Gasteiger partial charge in [-0.25, -0.2) is 4.98 Å². The fourth-order valence-corrected chi connectivity index (χ4v) is 3.74. The van der Waals surface area contributed by atoms with E-state index in [1.165, 1.54) is 0 Å². The molecule has 0 unspecified atom stereocenters. The summed E-state index contributed by atoms with van der Waals surface area (Å²) >= 11 is 0. The Balaban J connectivity index is 1.54. The zero-order chi connectivity index (χ0) is 22.3. The van der Waals surface area contributed by atoms with Crippen molar-refractivity contribution in [2.75, 3.05) is 41.0 Å². The second-order valence-corrected chi connectivity index (χ2v) is 7.49. The third-order valence-corrected chi connectivity index (χ3v) is 5.42. The van der Waals surface area contributed by atoms with E-state index in [0.29, 0.717) is 12.5 Å². The maximum Gasteiger partial charge on any atom is 0.213 e. The molecule has 6 heteroatoms. The van der Waals surface area contributed by atoms with E-state index in [4.69, 9.17) is 18.9 Å². The van der Waals surface area contributed by atoms with Gasteiger partial charge < -0.3 is 18.9 Å². The fraction of sp³-hybridized carbons (Fsp3) is 0.269. The fourth-order valence-electron chi connectivity index (χ4n) is 3.74. The van der Waals surface area contributed by atoms with E-state index in [1.54, 1.807) is 21.3 Å². The molecule has 1 aliphatic rings. The first-order chi connectivity index (χ1) is 15.7. The van der Waals surface area contributed by atoms with Crippen molar-refractivity contribution in [3.63, 3.8) is 0 Å². The zero-order valence-electron chi connectivity index (χ0n) is 18.7. The summed E-state index contributed by atoms with van der Waals surface area (Å²) in [6.45, 7) is 3.02. The predicted molar refractivity (Wildman–Crippen MR) is 126 cm³/mol. The molecule has 0 saturated carbocycles. The van der Waals surface area contributed by atoms with Gasteiger partial charge in [-0.2, -0.15) is 0 Å². The van der Waals surface area contributed by atoms with Gasteiger partial charge in [0.15, 0.2) is 11.5 Å². The number of pyridine rings is 1. The minimum absolute atomic E-state index is 0.581. The quantitative estimate of drug-likeness (QED) is 0.540. The molecule has 0 aliphatic carbocycles. The number of hydrogen-bond donors (Lipinski definition) is 0. The first-order valence-corrected chi connectivity index (χ1v) is 10.6. The van der Waals surface area contributed by atoms with Gasteiger partial charge in [-0.1, -0.05) is 30.4 Å². The van der Waals surface area contributed by atoms with Gasteiger partial charge in [-0.05, 0) is 35.9 Å². The van der Waals surface area contributed by atoms with E-state index in [9.17, 15) is 0 Å². The van der Waals surface area contributed by atoms with Crippen LogP contribution < -0.4 is 18.9 Å². The van der Waals surface area contributed by atoms with E-state index in [0.717, 1.165) is 59.3 Å². The van der Waals surface area contributed by atoms with Crippen molar-refractivity contribution in [3.8, 4) is 34.4 Å². The first-order valence-electron chi connectivity index (χ1n) is 10.6. The summed E-state index contributed by atoms with van der Waals surface area (Å²) in [5.41, 5.74) is 4.03. The SMILES string of the molecule is COc1ccc(C=CCN2CCOc3c(cc(-c4cccc(OC)n4)cc3OC)C2)cc1. The monoisotopic (exact) mass is 432 g/mol. The predicted octanol–water partition coefficient (Wildman–Crippen LogP) is 4.68. The van der Waals surface area contributed by atoms with Gasteiger partial charge in [0, 0.05) is 36.8 Å². The van der Waals surface area contributed by atoms with E-state index < -0.39 is 0 Å². The van der Waals surface area contributed by atoms with Crippen LogP contribution >= 0.6 is 0 Å². The number of benzene rings is 2. The van der Waals surface area contributed by atoms with Gasteiger partial charge in [0.05, 0.1) is 27.0 Å². The molecule has 32 heavy (non-hydrogen) atoms. The van der Waals surface area contributed by atoms with Gasteiger partial charge in [0.25, 0.3) is 0 Å². The Morgan fingerprint density at radius 2 is 1.84 bits per heavy atom. The van der Waals surface area contributed by atoms with Gasteiger partial charge >= 0.3 is 0 Å². The largest absolute Gasteiger partial charge is 0.497 e. The maximum atomic E-state index is 6.08. The first kappa shape index (κ1) is 21.7. The molecular weight excluding hydrogens is 404 g/mol. The lowest BCUT2D eigenvalue weighted by Crippen LogP contribution is -2.25.